The van der Waals surface area contributed by atoms with Crippen LogP contribution in [0.1, 0.15) is 16.1 Å². The van der Waals surface area contributed by atoms with Crippen LogP contribution in [0.3, 0.4) is 0 Å². The van der Waals surface area contributed by atoms with Crippen molar-refractivity contribution in [2.24, 2.45) is 0 Å². The molecule has 0 aliphatic heterocycles. The molecule has 0 saturated heterocycles. The Hall–Kier alpha value is -2.68. The fourth-order valence-corrected chi connectivity index (χ4v) is 5.08. The van der Waals surface area contributed by atoms with Crippen molar-refractivity contribution >= 4 is 50.3 Å². The smallest absolute Gasteiger partial charge is 0.350 e. The number of carbonyl (C=O) groups is 2. The molecule has 30 heavy (non-hydrogen) atoms. The lowest BCUT2D eigenvalue weighted by atomic mass is 10.2. The van der Waals surface area contributed by atoms with Crippen LogP contribution in [0, 0.1) is 0 Å². The predicted octanol–water partition coefficient (Wildman–Crippen LogP) is 4.66. The van der Waals surface area contributed by atoms with Gasteiger partial charge in [0.1, 0.15) is 4.88 Å². The summed E-state index contributed by atoms with van der Waals surface area (Å²) < 4.78 is 29.6. The second-order valence-corrected chi connectivity index (χ2v) is 9.88. The Kier molecular flexibility index (Phi) is 6.91. The van der Waals surface area contributed by atoms with Gasteiger partial charge in [-0.2, -0.15) is 0 Å². The fraction of sp³-hybridized carbons (Fsp3) is 0.143. The fourth-order valence-electron chi connectivity index (χ4n) is 2.67. The molecule has 0 unspecified atom stereocenters. The van der Waals surface area contributed by atoms with Crippen LogP contribution in [-0.4, -0.2) is 33.2 Å². The summed E-state index contributed by atoms with van der Waals surface area (Å²) in [5.41, 5.74) is 1.18. The van der Waals surface area contributed by atoms with E-state index in [9.17, 15) is 18.0 Å². The van der Waals surface area contributed by atoms with E-state index in [-0.39, 0.29) is 21.9 Å². The van der Waals surface area contributed by atoms with E-state index in [1.54, 1.807) is 6.07 Å². The maximum absolute atomic E-state index is 12.4. The number of methoxy groups -OCH3 is 1. The van der Waals surface area contributed by atoms with Crippen LogP contribution < -0.4 is 5.32 Å². The monoisotopic (exact) mass is 463 g/mol. The molecule has 1 N–H and O–H groups in total. The van der Waals surface area contributed by atoms with Gasteiger partial charge in [0.05, 0.1) is 23.4 Å². The highest BCUT2D eigenvalue weighted by Gasteiger charge is 2.21. The lowest BCUT2D eigenvalue weighted by Crippen LogP contribution is -2.18. The highest BCUT2D eigenvalue weighted by Crippen LogP contribution is 2.35. The number of thiophene rings is 1. The van der Waals surface area contributed by atoms with Crippen LogP contribution in [0.25, 0.3) is 10.4 Å². The third-order valence-electron chi connectivity index (χ3n) is 4.21. The van der Waals surface area contributed by atoms with Gasteiger partial charge in [-0.15, -0.1) is 11.3 Å². The second kappa shape index (κ2) is 9.42. The van der Waals surface area contributed by atoms with Gasteiger partial charge in [-0.3, -0.25) is 4.79 Å². The van der Waals surface area contributed by atoms with Gasteiger partial charge < -0.3 is 10.1 Å². The Morgan fingerprint density at radius 1 is 1.07 bits per heavy atom. The van der Waals surface area contributed by atoms with Crippen molar-refractivity contribution < 1.29 is 22.7 Å². The van der Waals surface area contributed by atoms with Crippen LogP contribution in [0.5, 0.6) is 0 Å². The standard InChI is InChI=1S/C21H18ClNO5S2/c1-28-21(25)20-17(13-18(29-20)14-5-3-2-4-6-14)23-19(24)11-12-30(26,27)16-9-7-15(22)8-10-16/h2-10,13H,11-12H2,1H3,(H,23,24). The lowest BCUT2D eigenvalue weighted by Gasteiger charge is -2.07. The normalized spacial score (nSPS) is 11.1. The van der Waals surface area contributed by atoms with E-state index in [0.717, 1.165) is 10.4 Å². The summed E-state index contributed by atoms with van der Waals surface area (Å²) >= 11 is 6.97. The zero-order valence-electron chi connectivity index (χ0n) is 15.9. The minimum atomic E-state index is -3.64. The molecule has 6 nitrogen and oxygen atoms in total. The maximum Gasteiger partial charge on any atom is 0.350 e. The van der Waals surface area contributed by atoms with Gasteiger partial charge in [0.25, 0.3) is 0 Å². The molecule has 1 heterocycles. The summed E-state index contributed by atoms with van der Waals surface area (Å²) in [6.07, 6.45) is -0.262. The Labute approximate surface area is 183 Å². The molecule has 0 radical (unpaired) electrons. The Bertz CT molecular complexity index is 1160. The number of carbonyl (C=O) groups excluding carboxylic acids is 2. The van der Waals surface area contributed by atoms with Crippen molar-refractivity contribution in [1.29, 1.82) is 0 Å². The lowest BCUT2D eigenvalue weighted by molar-refractivity contribution is -0.115. The maximum atomic E-state index is 12.4. The molecule has 2 aromatic carbocycles. The average molecular weight is 464 g/mol. The Balaban J connectivity index is 1.75. The molecule has 0 saturated carbocycles. The molecule has 1 aromatic heterocycles. The van der Waals surface area contributed by atoms with E-state index >= 15 is 0 Å². The van der Waals surface area contributed by atoms with Gasteiger partial charge in [-0.1, -0.05) is 41.9 Å². The number of sulfone groups is 1. The van der Waals surface area contributed by atoms with Crippen LogP contribution in [0.2, 0.25) is 5.02 Å². The third-order valence-corrected chi connectivity index (χ3v) is 7.35. The van der Waals surface area contributed by atoms with Crippen molar-refractivity contribution in [2.75, 3.05) is 18.2 Å². The number of nitrogens with one attached hydrogen (secondary N) is 1. The number of amides is 1. The second-order valence-electron chi connectivity index (χ2n) is 6.28. The van der Waals surface area contributed by atoms with Gasteiger partial charge in [0.15, 0.2) is 9.84 Å². The SMILES string of the molecule is COC(=O)c1sc(-c2ccccc2)cc1NC(=O)CCS(=O)(=O)c1ccc(Cl)cc1. The molecule has 0 aliphatic rings. The predicted molar refractivity (Wildman–Crippen MR) is 118 cm³/mol. The summed E-state index contributed by atoms with van der Waals surface area (Å²) in [5.74, 6) is -1.47. The van der Waals surface area contributed by atoms with Gasteiger partial charge in [0, 0.05) is 16.3 Å². The zero-order valence-corrected chi connectivity index (χ0v) is 18.3. The molecular formula is C21H18ClNO5S2. The van der Waals surface area contributed by atoms with Crippen molar-refractivity contribution in [3.8, 4) is 10.4 Å². The molecule has 0 fully saturated rings. The van der Waals surface area contributed by atoms with E-state index in [1.165, 1.54) is 42.7 Å². The van der Waals surface area contributed by atoms with E-state index in [0.29, 0.717) is 10.7 Å². The van der Waals surface area contributed by atoms with Crippen molar-refractivity contribution in [3.05, 3.63) is 70.6 Å². The molecule has 3 rings (SSSR count). The van der Waals surface area contributed by atoms with E-state index in [2.05, 4.69) is 5.32 Å². The first-order chi connectivity index (χ1) is 14.3. The molecular weight excluding hydrogens is 446 g/mol. The summed E-state index contributed by atoms with van der Waals surface area (Å²) in [5, 5.41) is 3.06. The largest absolute Gasteiger partial charge is 0.465 e. The zero-order chi connectivity index (χ0) is 21.7. The minimum Gasteiger partial charge on any atom is -0.465 e. The van der Waals surface area contributed by atoms with Crippen LogP contribution in [-0.2, 0) is 19.4 Å². The molecule has 0 spiro atoms. The highest BCUT2D eigenvalue weighted by molar-refractivity contribution is 7.91. The van der Waals surface area contributed by atoms with Gasteiger partial charge in [-0.05, 0) is 35.9 Å². The van der Waals surface area contributed by atoms with Crippen LogP contribution >= 0.6 is 22.9 Å². The molecule has 3 aromatic rings. The van der Waals surface area contributed by atoms with Crippen molar-refractivity contribution in [3.63, 3.8) is 0 Å². The molecule has 156 valence electrons. The van der Waals surface area contributed by atoms with Crippen LogP contribution in [0.4, 0.5) is 5.69 Å². The minimum absolute atomic E-state index is 0.0943. The number of anilines is 1. The summed E-state index contributed by atoms with van der Waals surface area (Å²) in [4.78, 5) is 25.6. The number of hydrogen-bond acceptors (Lipinski definition) is 6. The first-order valence-electron chi connectivity index (χ1n) is 8.86. The van der Waals surface area contributed by atoms with Crippen LogP contribution in [0.15, 0.2) is 65.6 Å². The van der Waals surface area contributed by atoms with E-state index in [1.807, 2.05) is 30.3 Å². The van der Waals surface area contributed by atoms with Gasteiger partial charge in [0.2, 0.25) is 5.91 Å². The summed E-state index contributed by atoms with van der Waals surface area (Å²) in [6.45, 7) is 0. The van der Waals surface area contributed by atoms with Gasteiger partial charge in [-0.25, -0.2) is 13.2 Å². The van der Waals surface area contributed by atoms with Crippen molar-refractivity contribution in [1.82, 2.24) is 0 Å². The topological polar surface area (TPSA) is 89.5 Å². The number of hydrogen-bond donors (Lipinski definition) is 1. The molecule has 0 aliphatic carbocycles. The first-order valence-corrected chi connectivity index (χ1v) is 11.7. The Morgan fingerprint density at radius 3 is 2.37 bits per heavy atom. The number of ether oxygens (including phenoxy) is 1. The molecule has 1 amide bonds. The quantitative estimate of drug-likeness (QED) is 0.515. The number of rotatable bonds is 7. The number of benzene rings is 2. The molecule has 0 atom stereocenters. The number of halogens is 1. The van der Waals surface area contributed by atoms with E-state index < -0.39 is 21.7 Å². The highest BCUT2D eigenvalue weighted by atomic mass is 35.5. The average Bonchev–Trinajstić information content (AvgIpc) is 3.16. The van der Waals surface area contributed by atoms with Gasteiger partial charge >= 0.3 is 5.97 Å². The Morgan fingerprint density at radius 2 is 1.73 bits per heavy atom. The number of esters is 1. The summed E-state index contributed by atoms with van der Waals surface area (Å²) in [6, 6.07) is 16.8. The third kappa shape index (κ3) is 5.27. The molecule has 9 heteroatoms. The van der Waals surface area contributed by atoms with Crippen molar-refractivity contribution in [2.45, 2.75) is 11.3 Å². The first kappa shape index (κ1) is 22.0. The van der Waals surface area contributed by atoms with E-state index in [4.69, 9.17) is 16.3 Å². The summed E-state index contributed by atoms with van der Waals surface area (Å²) in [7, 11) is -2.38. The molecule has 0 bridgehead atoms.